The van der Waals surface area contributed by atoms with Crippen molar-refractivity contribution in [2.45, 2.75) is 6.54 Å². The summed E-state index contributed by atoms with van der Waals surface area (Å²) in [6, 6.07) is 7.80. The van der Waals surface area contributed by atoms with E-state index in [0.29, 0.717) is 0 Å². The fourth-order valence-electron chi connectivity index (χ4n) is 1.66. The highest BCUT2D eigenvalue weighted by Gasteiger charge is 2.18. The highest BCUT2D eigenvalue weighted by molar-refractivity contribution is 9.10. The second kappa shape index (κ2) is 6.09. The van der Waals surface area contributed by atoms with Crippen molar-refractivity contribution in [3.63, 3.8) is 0 Å². The number of carbonyl (C=O) groups excluding carboxylic acids is 1. The Morgan fingerprint density at radius 1 is 1.05 bits per heavy atom. The van der Waals surface area contributed by atoms with Crippen LogP contribution in [0.5, 0.6) is 0 Å². The summed E-state index contributed by atoms with van der Waals surface area (Å²) in [6.45, 7) is -0.152. The van der Waals surface area contributed by atoms with Crippen LogP contribution in [0, 0.1) is 17.5 Å². The van der Waals surface area contributed by atoms with Gasteiger partial charge >= 0.3 is 0 Å². The van der Waals surface area contributed by atoms with Gasteiger partial charge in [0.2, 0.25) is 0 Å². The standard InChI is InChI=1S/C14H9BrF3NO/c15-9-5-11(17)13(12(18)6-9)14(20)19-7-8-3-1-2-4-10(8)16/h1-6H,7H2,(H,19,20). The van der Waals surface area contributed by atoms with Crippen LogP contribution in [-0.4, -0.2) is 5.91 Å². The van der Waals surface area contributed by atoms with Crippen LogP contribution in [0.3, 0.4) is 0 Å². The largest absolute Gasteiger partial charge is 0.348 e. The first-order valence-corrected chi connectivity index (χ1v) is 6.44. The Hall–Kier alpha value is -1.82. The first kappa shape index (κ1) is 14.6. The molecule has 0 aliphatic heterocycles. The minimum absolute atomic E-state index is 0.152. The molecule has 6 heteroatoms. The van der Waals surface area contributed by atoms with Gasteiger partial charge in [0.05, 0.1) is 0 Å². The van der Waals surface area contributed by atoms with Gasteiger partial charge < -0.3 is 5.32 Å². The summed E-state index contributed by atoms with van der Waals surface area (Å²) >= 11 is 2.92. The predicted molar refractivity (Wildman–Crippen MR) is 71.6 cm³/mol. The number of hydrogen-bond acceptors (Lipinski definition) is 1. The SMILES string of the molecule is O=C(NCc1ccccc1F)c1c(F)cc(Br)cc1F. The predicted octanol–water partition coefficient (Wildman–Crippen LogP) is 3.80. The Kier molecular flexibility index (Phi) is 4.44. The molecule has 2 nitrogen and oxygen atoms in total. The molecule has 0 aromatic heterocycles. The molecular weight excluding hydrogens is 335 g/mol. The number of amides is 1. The maximum Gasteiger partial charge on any atom is 0.257 e. The molecule has 104 valence electrons. The van der Waals surface area contributed by atoms with Crippen LogP contribution in [0.15, 0.2) is 40.9 Å². The highest BCUT2D eigenvalue weighted by atomic mass is 79.9. The van der Waals surface area contributed by atoms with E-state index >= 15 is 0 Å². The van der Waals surface area contributed by atoms with Gasteiger partial charge in [0.25, 0.3) is 5.91 Å². The van der Waals surface area contributed by atoms with Gasteiger partial charge in [-0.25, -0.2) is 13.2 Å². The number of rotatable bonds is 3. The van der Waals surface area contributed by atoms with E-state index in [9.17, 15) is 18.0 Å². The lowest BCUT2D eigenvalue weighted by molar-refractivity contribution is 0.0942. The van der Waals surface area contributed by atoms with Crippen LogP contribution < -0.4 is 5.32 Å². The maximum atomic E-state index is 13.6. The van der Waals surface area contributed by atoms with Crippen LogP contribution in [0.25, 0.3) is 0 Å². The molecule has 0 fully saturated rings. The van der Waals surface area contributed by atoms with E-state index in [1.54, 1.807) is 6.07 Å². The molecule has 0 aliphatic rings. The van der Waals surface area contributed by atoms with Crippen molar-refractivity contribution >= 4 is 21.8 Å². The average Bonchev–Trinajstić information content (AvgIpc) is 2.36. The zero-order valence-corrected chi connectivity index (χ0v) is 11.7. The number of halogens is 4. The zero-order valence-electron chi connectivity index (χ0n) is 10.1. The maximum absolute atomic E-state index is 13.6. The Labute approximate surface area is 121 Å². The summed E-state index contributed by atoms with van der Waals surface area (Å²) in [4.78, 5) is 11.8. The number of nitrogens with one attached hydrogen (secondary N) is 1. The van der Waals surface area contributed by atoms with Gasteiger partial charge in [-0.05, 0) is 18.2 Å². The highest BCUT2D eigenvalue weighted by Crippen LogP contribution is 2.19. The fraction of sp³-hybridized carbons (Fsp3) is 0.0714. The van der Waals surface area contributed by atoms with E-state index in [2.05, 4.69) is 21.2 Å². The van der Waals surface area contributed by atoms with Gasteiger partial charge in [0.15, 0.2) is 0 Å². The molecule has 0 unspecified atom stereocenters. The Morgan fingerprint density at radius 3 is 2.25 bits per heavy atom. The van der Waals surface area contributed by atoms with Crippen molar-refractivity contribution in [2.75, 3.05) is 0 Å². The lowest BCUT2D eigenvalue weighted by atomic mass is 10.1. The molecule has 2 aromatic rings. The molecule has 1 N–H and O–H groups in total. The van der Waals surface area contributed by atoms with E-state index in [0.717, 1.165) is 12.1 Å². The van der Waals surface area contributed by atoms with Gasteiger partial charge in [0.1, 0.15) is 23.0 Å². The lowest BCUT2D eigenvalue weighted by Crippen LogP contribution is -2.25. The molecule has 2 rings (SSSR count). The summed E-state index contributed by atoms with van der Waals surface area (Å²) in [5.41, 5.74) is -0.455. The van der Waals surface area contributed by atoms with Crippen molar-refractivity contribution in [2.24, 2.45) is 0 Å². The zero-order chi connectivity index (χ0) is 14.7. The normalized spacial score (nSPS) is 10.4. The molecule has 0 saturated carbocycles. The van der Waals surface area contributed by atoms with Crippen LogP contribution in [0.2, 0.25) is 0 Å². The molecule has 1 amide bonds. The van der Waals surface area contributed by atoms with Gasteiger partial charge in [-0.2, -0.15) is 0 Å². The number of benzene rings is 2. The van der Waals surface area contributed by atoms with Gasteiger partial charge in [-0.15, -0.1) is 0 Å². The third kappa shape index (κ3) is 3.19. The minimum Gasteiger partial charge on any atom is -0.348 e. The second-order valence-electron chi connectivity index (χ2n) is 4.02. The number of carbonyl (C=O) groups is 1. The van der Waals surface area contributed by atoms with Crippen molar-refractivity contribution in [1.82, 2.24) is 5.32 Å². The summed E-state index contributed by atoms with van der Waals surface area (Å²) in [5.74, 6) is -3.40. The Bertz CT molecular complexity index is 638. The fourth-order valence-corrected chi connectivity index (χ4v) is 2.07. The molecular formula is C14H9BrF3NO. The Balaban J connectivity index is 2.16. The van der Waals surface area contributed by atoms with E-state index in [4.69, 9.17) is 0 Å². The third-order valence-electron chi connectivity index (χ3n) is 2.63. The third-order valence-corrected chi connectivity index (χ3v) is 3.09. The first-order valence-electron chi connectivity index (χ1n) is 5.65. The molecule has 0 aliphatic carbocycles. The molecule has 0 radical (unpaired) electrons. The van der Waals surface area contributed by atoms with Crippen molar-refractivity contribution in [3.8, 4) is 0 Å². The second-order valence-corrected chi connectivity index (χ2v) is 4.93. The molecule has 0 heterocycles. The van der Waals surface area contributed by atoms with E-state index < -0.39 is 28.9 Å². The van der Waals surface area contributed by atoms with Crippen LogP contribution in [0.4, 0.5) is 13.2 Å². The van der Waals surface area contributed by atoms with Crippen LogP contribution >= 0.6 is 15.9 Å². The summed E-state index contributed by atoms with van der Waals surface area (Å²) < 4.78 is 40.7. The minimum atomic E-state index is -0.983. The van der Waals surface area contributed by atoms with E-state index in [1.807, 2.05) is 0 Å². The van der Waals surface area contributed by atoms with Gasteiger partial charge in [0, 0.05) is 16.6 Å². The molecule has 0 bridgehead atoms. The quantitative estimate of drug-likeness (QED) is 0.902. The molecule has 20 heavy (non-hydrogen) atoms. The number of hydrogen-bond donors (Lipinski definition) is 1. The summed E-state index contributed by atoms with van der Waals surface area (Å²) in [5, 5.41) is 2.28. The topological polar surface area (TPSA) is 29.1 Å². The van der Waals surface area contributed by atoms with Crippen molar-refractivity contribution in [1.29, 1.82) is 0 Å². The first-order chi connectivity index (χ1) is 9.49. The summed E-state index contributed by atoms with van der Waals surface area (Å²) in [7, 11) is 0. The van der Waals surface area contributed by atoms with Gasteiger partial charge in [-0.3, -0.25) is 4.79 Å². The van der Waals surface area contributed by atoms with Gasteiger partial charge in [-0.1, -0.05) is 34.1 Å². The molecule has 2 aromatic carbocycles. The smallest absolute Gasteiger partial charge is 0.257 e. The van der Waals surface area contributed by atoms with E-state index in [1.165, 1.54) is 18.2 Å². The summed E-state index contributed by atoms with van der Waals surface area (Å²) in [6.07, 6.45) is 0. The molecule has 0 atom stereocenters. The lowest BCUT2D eigenvalue weighted by Gasteiger charge is -2.08. The Morgan fingerprint density at radius 2 is 1.65 bits per heavy atom. The molecule has 0 saturated heterocycles. The average molecular weight is 344 g/mol. The van der Waals surface area contributed by atoms with Crippen molar-refractivity contribution in [3.05, 3.63) is 69.4 Å². The molecule has 0 spiro atoms. The monoisotopic (exact) mass is 343 g/mol. The van der Waals surface area contributed by atoms with Crippen LogP contribution in [-0.2, 0) is 6.54 Å². The van der Waals surface area contributed by atoms with E-state index in [-0.39, 0.29) is 16.6 Å². The van der Waals surface area contributed by atoms with Crippen LogP contribution in [0.1, 0.15) is 15.9 Å². The van der Waals surface area contributed by atoms with Crippen molar-refractivity contribution < 1.29 is 18.0 Å².